The molecule has 2 aromatic carbocycles. The van der Waals surface area contributed by atoms with E-state index in [1.807, 2.05) is 81.9 Å². The molecule has 1 aliphatic carbocycles. The molecule has 3 aromatic heterocycles. The zero-order valence-electron chi connectivity index (χ0n) is 42.2. The molecule has 5 aromatic rings. The summed E-state index contributed by atoms with van der Waals surface area (Å²) in [5.74, 6) is -0.957. The van der Waals surface area contributed by atoms with Crippen molar-refractivity contribution in [3.63, 3.8) is 0 Å². The highest BCUT2D eigenvalue weighted by atomic mass is 32.1. The lowest BCUT2D eigenvalue weighted by atomic mass is 9.85. The van der Waals surface area contributed by atoms with Crippen LogP contribution in [0.5, 0.6) is 0 Å². The number of unbranched alkanes of at least 4 members (excludes halogenated alkanes) is 7. The number of aryl methyl sites for hydroxylation is 1. The van der Waals surface area contributed by atoms with Crippen molar-refractivity contribution in [3.05, 3.63) is 77.2 Å². The fourth-order valence-corrected chi connectivity index (χ4v) is 11.7. The molecular formula is C55H70N8O7S2. The van der Waals surface area contributed by atoms with E-state index in [0.717, 1.165) is 125 Å². The smallest absolute Gasteiger partial charge is 0.414 e. The lowest BCUT2D eigenvalue weighted by Gasteiger charge is -2.35. The number of β-amino-alcohol motifs (C(OH)–C–C–N with tert-alkyl or cyclic N) is 1. The molecule has 384 valence electrons. The molecule has 1 saturated carbocycles. The third kappa shape index (κ3) is 13.6. The molecule has 15 nitrogen and oxygen atoms in total. The van der Waals surface area contributed by atoms with E-state index >= 15 is 0 Å². The van der Waals surface area contributed by atoms with Crippen LogP contribution in [0.4, 0.5) is 15.6 Å². The van der Waals surface area contributed by atoms with Gasteiger partial charge in [-0.25, -0.2) is 14.8 Å². The van der Waals surface area contributed by atoms with Gasteiger partial charge in [-0.2, -0.15) is 0 Å². The fourth-order valence-electron chi connectivity index (χ4n) is 9.97. The third-order valence-electron chi connectivity index (χ3n) is 14.1. The molecule has 0 bridgehead atoms. The van der Waals surface area contributed by atoms with Gasteiger partial charge in [0.15, 0.2) is 5.13 Å². The maximum Gasteiger partial charge on any atom is 0.414 e. The Bertz CT molecular complexity index is 2690. The maximum absolute atomic E-state index is 14.0. The number of thiazole rings is 2. The number of ether oxygens (including phenoxy) is 1. The molecule has 72 heavy (non-hydrogen) atoms. The summed E-state index contributed by atoms with van der Waals surface area (Å²) in [6.45, 7) is 8.52. The van der Waals surface area contributed by atoms with Gasteiger partial charge in [-0.15, -0.1) is 11.3 Å². The normalized spacial score (nSPS) is 17.5. The molecule has 4 N–H and O–H groups in total. The van der Waals surface area contributed by atoms with Crippen molar-refractivity contribution < 1.29 is 33.8 Å². The molecule has 3 aliphatic rings. The molecule has 3 atom stereocenters. The van der Waals surface area contributed by atoms with Crippen LogP contribution in [0.25, 0.3) is 31.8 Å². The van der Waals surface area contributed by atoms with Crippen LogP contribution in [0.2, 0.25) is 0 Å². The molecule has 0 spiro atoms. The number of benzene rings is 2. The van der Waals surface area contributed by atoms with Crippen LogP contribution in [-0.2, 0) is 36.9 Å². The number of aromatic nitrogens is 3. The number of carbonyl (C=O) groups is 5. The van der Waals surface area contributed by atoms with Gasteiger partial charge in [0.25, 0.3) is 0 Å². The van der Waals surface area contributed by atoms with Crippen LogP contribution in [0.3, 0.4) is 0 Å². The molecule has 2 fully saturated rings. The number of amides is 5. The number of anilines is 2. The van der Waals surface area contributed by atoms with E-state index in [1.54, 1.807) is 16.2 Å². The number of carbonyl (C=O) groups excluding carboxylic acids is 5. The number of fused-ring (bicyclic) bond motifs is 2. The first-order valence-electron chi connectivity index (χ1n) is 25.9. The zero-order chi connectivity index (χ0) is 50.8. The van der Waals surface area contributed by atoms with Gasteiger partial charge >= 0.3 is 6.09 Å². The molecular weight excluding hydrogens is 949 g/mol. The molecule has 2 aliphatic heterocycles. The van der Waals surface area contributed by atoms with E-state index in [-0.39, 0.29) is 55.3 Å². The number of aliphatic hydroxyl groups excluding tert-OH is 1. The second-order valence-electron chi connectivity index (χ2n) is 20.8. The van der Waals surface area contributed by atoms with E-state index in [9.17, 15) is 29.1 Å². The van der Waals surface area contributed by atoms with E-state index in [0.29, 0.717) is 37.4 Å². The lowest BCUT2D eigenvalue weighted by molar-refractivity contribution is -0.144. The predicted octanol–water partition coefficient (Wildman–Crippen LogP) is 10.3. The number of nitrogens with zero attached hydrogens (tertiary/aromatic N) is 5. The Morgan fingerprint density at radius 3 is 2.24 bits per heavy atom. The minimum Gasteiger partial charge on any atom is -0.446 e. The lowest BCUT2D eigenvalue weighted by Crippen LogP contribution is -2.57. The predicted molar refractivity (Wildman–Crippen MR) is 284 cm³/mol. The number of hydrogen-bond acceptors (Lipinski definition) is 12. The Labute approximate surface area is 430 Å². The minimum absolute atomic E-state index is 0.00481. The molecule has 17 heteroatoms. The second kappa shape index (κ2) is 24.3. The van der Waals surface area contributed by atoms with E-state index in [1.165, 1.54) is 22.7 Å². The van der Waals surface area contributed by atoms with Crippen molar-refractivity contribution in [2.24, 2.45) is 5.41 Å². The first-order chi connectivity index (χ1) is 34.7. The van der Waals surface area contributed by atoms with Crippen molar-refractivity contribution in [3.8, 4) is 21.6 Å². The van der Waals surface area contributed by atoms with Crippen molar-refractivity contribution in [1.29, 1.82) is 0 Å². The summed E-state index contributed by atoms with van der Waals surface area (Å²) in [6, 6.07) is 14.3. The van der Waals surface area contributed by atoms with E-state index < -0.39 is 23.6 Å². The number of rotatable bonds is 20. The number of nitrogens with one attached hydrogen (secondary N) is 3. The highest BCUT2D eigenvalue weighted by Gasteiger charge is 2.44. The highest BCUT2D eigenvalue weighted by Crippen LogP contribution is 2.36. The quantitative estimate of drug-likeness (QED) is 0.0545. The average molecular weight is 1020 g/mol. The summed E-state index contributed by atoms with van der Waals surface area (Å²) in [6.07, 6.45) is 15.0. The Hall–Kier alpha value is -5.78. The fraction of sp³-hybridized carbons (Fsp3) is 0.527. The molecule has 5 amide bonds. The van der Waals surface area contributed by atoms with Crippen molar-refractivity contribution in [2.45, 2.75) is 168 Å². The first kappa shape index (κ1) is 52.5. The van der Waals surface area contributed by atoms with Crippen molar-refractivity contribution in [1.82, 2.24) is 30.5 Å². The molecule has 5 heterocycles. The van der Waals surface area contributed by atoms with Gasteiger partial charge in [-0.3, -0.25) is 29.1 Å². The number of hydrogen-bond donors (Lipinski definition) is 4. The Morgan fingerprint density at radius 2 is 1.54 bits per heavy atom. The van der Waals surface area contributed by atoms with Crippen LogP contribution >= 0.6 is 22.7 Å². The van der Waals surface area contributed by atoms with Crippen molar-refractivity contribution in [2.75, 3.05) is 23.3 Å². The summed E-state index contributed by atoms with van der Waals surface area (Å²) in [7, 11) is 0. The molecule has 1 saturated heterocycles. The van der Waals surface area contributed by atoms with Gasteiger partial charge in [0.1, 0.15) is 18.2 Å². The van der Waals surface area contributed by atoms with Gasteiger partial charge in [0, 0.05) is 57.1 Å². The standard InChI is InChI=1S/C55H70N8O7S2/c1-35-49(71-34-58-35)37-22-20-36(21-23-37)31-57-51(67)45-30-40(64)33-63(45)52(68)50(55(2,3)4)60-47(65)18-14-9-7-5-6-8-10-15-19-48(66)61-53-59-43-25-24-38(29-46(43)72-53)39-28-44-42(56-32-39)26-27-62(44)54(69)70-41-16-12-11-13-17-41/h20-25,28-29,32,34,40-41,45,50,64H,5-19,26-27,30-31,33H2,1-4H3,(H,57,67)(H,60,65)(H,59,61,66)/t40-,45+,50-/m1/s1. The average Bonchev–Trinajstić information content (AvgIpc) is 4.18. The van der Waals surface area contributed by atoms with Gasteiger partial charge in [-0.1, -0.05) is 107 Å². The maximum atomic E-state index is 14.0. The van der Waals surface area contributed by atoms with Gasteiger partial charge < -0.3 is 30.7 Å². The molecule has 0 unspecified atom stereocenters. The Morgan fingerprint density at radius 1 is 0.847 bits per heavy atom. The largest absolute Gasteiger partial charge is 0.446 e. The summed E-state index contributed by atoms with van der Waals surface area (Å²) >= 11 is 3.02. The van der Waals surface area contributed by atoms with E-state index in [2.05, 4.69) is 32.0 Å². The first-order valence-corrected chi connectivity index (χ1v) is 27.6. The SMILES string of the molecule is Cc1ncsc1-c1ccc(CNC(=O)[C@@H]2C[C@@H](O)CN2C(=O)[C@@H](NC(=O)CCCCCCCCCCC(=O)Nc2nc3ccc(-c4cnc5c(c4)N(C(=O)OC4CCCCC4)CC5)cc3s2)C(C)(C)C)cc1. The van der Waals surface area contributed by atoms with Crippen LogP contribution in [0.1, 0.15) is 140 Å². The van der Waals surface area contributed by atoms with Gasteiger partial charge in [0.05, 0.1) is 43.8 Å². The number of pyridine rings is 1. The minimum atomic E-state index is -0.858. The number of likely N-dealkylation sites (tertiary alicyclic amines) is 1. The monoisotopic (exact) mass is 1020 g/mol. The summed E-state index contributed by atoms with van der Waals surface area (Å²) in [4.78, 5) is 84.6. The molecule has 8 rings (SSSR count). The zero-order valence-corrected chi connectivity index (χ0v) is 43.8. The Balaban J connectivity index is 0.702. The molecule has 0 radical (unpaired) electrons. The van der Waals surface area contributed by atoms with Crippen LogP contribution in [0, 0.1) is 12.3 Å². The Kier molecular flexibility index (Phi) is 17.7. The third-order valence-corrected chi connectivity index (χ3v) is 16.0. The van der Waals surface area contributed by atoms with Crippen LogP contribution in [0.15, 0.2) is 60.2 Å². The van der Waals surface area contributed by atoms with Gasteiger partial charge in [0.2, 0.25) is 23.6 Å². The van der Waals surface area contributed by atoms with E-state index in [4.69, 9.17) is 9.72 Å². The van der Waals surface area contributed by atoms with Crippen LogP contribution in [-0.4, -0.2) is 92.1 Å². The summed E-state index contributed by atoms with van der Waals surface area (Å²) < 4.78 is 6.83. The number of aliphatic hydroxyl groups is 1. The van der Waals surface area contributed by atoms with Crippen molar-refractivity contribution >= 4 is 73.4 Å². The van der Waals surface area contributed by atoms with Crippen LogP contribution < -0.4 is 20.9 Å². The second-order valence-corrected chi connectivity index (χ2v) is 22.6. The topological polar surface area (TPSA) is 196 Å². The van der Waals surface area contributed by atoms with Gasteiger partial charge in [-0.05, 0) is 85.8 Å². The summed E-state index contributed by atoms with van der Waals surface area (Å²) in [5, 5.41) is 20.1. The summed E-state index contributed by atoms with van der Waals surface area (Å²) in [5.41, 5.74) is 8.54. The highest BCUT2D eigenvalue weighted by molar-refractivity contribution is 7.22.